The van der Waals surface area contributed by atoms with E-state index in [1.165, 1.54) is 0 Å². The molecule has 2 aromatic carbocycles. The van der Waals surface area contributed by atoms with Crippen molar-refractivity contribution < 1.29 is 9.21 Å². The van der Waals surface area contributed by atoms with Gasteiger partial charge in [0.2, 0.25) is 0 Å². The second-order valence-corrected chi connectivity index (χ2v) is 5.47. The first-order valence-corrected chi connectivity index (χ1v) is 7.20. The van der Waals surface area contributed by atoms with Gasteiger partial charge >= 0.3 is 5.76 Å². The average molecular weight is 311 g/mol. The van der Waals surface area contributed by atoms with Gasteiger partial charge in [0.05, 0.1) is 5.52 Å². The van der Waals surface area contributed by atoms with Gasteiger partial charge in [-0.1, -0.05) is 12.1 Å². The van der Waals surface area contributed by atoms with Gasteiger partial charge in [0, 0.05) is 31.9 Å². The molecule has 6 heteroatoms. The fourth-order valence-corrected chi connectivity index (χ4v) is 2.32. The molecule has 1 amide bonds. The lowest BCUT2D eigenvalue weighted by Crippen LogP contribution is -2.23. The highest BCUT2D eigenvalue weighted by Crippen LogP contribution is 2.14. The molecular formula is C17H17N3O3. The lowest BCUT2D eigenvalue weighted by molar-refractivity contribution is 0.0951. The molecule has 0 spiro atoms. The minimum absolute atomic E-state index is 0.144. The van der Waals surface area contributed by atoms with Gasteiger partial charge in [-0.15, -0.1) is 0 Å². The number of aromatic amines is 1. The number of fused-ring (bicyclic) bond motifs is 1. The van der Waals surface area contributed by atoms with Gasteiger partial charge in [-0.3, -0.25) is 9.78 Å². The SMILES string of the molecule is CN(C)c1cccc(C(=O)NCc2ccc3oc(=O)[nH]c3c2)c1. The van der Waals surface area contributed by atoms with E-state index in [1.807, 2.05) is 43.3 Å². The van der Waals surface area contributed by atoms with Gasteiger partial charge in [-0.05, 0) is 35.9 Å². The first kappa shape index (κ1) is 14.9. The van der Waals surface area contributed by atoms with Crippen molar-refractivity contribution in [3.8, 4) is 0 Å². The summed E-state index contributed by atoms with van der Waals surface area (Å²) in [5.41, 5.74) is 3.58. The number of oxazole rings is 1. The number of anilines is 1. The van der Waals surface area contributed by atoms with Crippen molar-refractivity contribution in [2.75, 3.05) is 19.0 Å². The number of hydrogen-bond donors (Lipinski definition) is 2. The Labute approximate surface area is 132 Å². The number of hydrogen-bond acceptors (Lipinski definition) is 4. The lowest BCUT2D eigenvalue weighted by Gasteiger charge is -2.13. The Morgan fingerprint density at radius 2 is 2.04 bits per heavy atom. The van der Waals surface area contributed by atoms with Crippen LogP contribution in [0.25, 0.3) is 11.1 Å². The number of H-pyrrole nitrogens is 1. The lowest BCUT2D eigenvalue weighted by atomic mass is 10.1. The highest BCUT2D eigenvalue weighted by atomic mass is 16.4. The molecule has 118 valence electrons. The van der Waals surface area contributed by atoms with E-state index in [2.05, 4.69) is 10.3 Å². The third-order valence-electron chi connectivity index (χ3n) is 3.56. The van der Waals surface area contributed by atoms with Crippen LogP contribution in [-0.4, -0.2) is 25.0 Å². The predicted octanol–water partition coefficient (Wildman–Crippen LogP) is 2.12. The molecule has 0 aliphatic heterocycles. The van der Waals surface area contributed by atoms with Crippen LogP contribution in [0, 0.1) is 0 Å². The monoisotopic (exact) mass is 311 g/mol. The molecule has 2 N–H and O–H groups in total. The maximum absolute atomic E-state index is 12.3. The van der Waals surface area contributed by atoms with E-state index in [1.54, 1.807) is 18.2 Å². The molecule has 0 aliphatic rings. The number of aromatic nitrogens is 1. The second-order valence-electron chi connectivity index (χ2n) is 5.47. The molecule has 0 radical (unpaired) electrons. The molecule has 1 aromatic heterocycles. The Balaban J connectivity index is 1.72. The third kappa shape index (κ3) is 3.26. The fraction of sp³-hybridized carbons (Fsp3) is 0.176. The Bertz CT molecular complexity index is 909. The van der Waals surface area contributed by atoms with Crippen molar-refractivity contribution >= 4 is 22.7 Å². The molecular weight excluding hydrogens is 294 g/mol. The van der Waals surface area contributed by atoms with Crippen LogP contribution in [0.3, 0.4) is 0 Å². The Kier molecular flexibility index (Phi) is 3.89. The minimum atomic E-state index is -0.485. The van der Waals surface area contributed by atoms with Gasteiger partial charge in [0.1, 0.15) is 0 Å². The number of carbonyl (C=O) groups excluding carboxylic acids is 1. The zero-order valence-electron chi connectivity index (χ0n) is 12.9. The average Bonchev–Trinajstić information content (AvgIpc) is 2.91. The zero-order valence-corrected chi connectivity index (χ0v) is 12.9. The van der Waals surface area contributed by atoms with Gasteiger partial charge in [0.25, 0.3) is 5.91 Å². The molecule has 0 saturated carbocycles. The number of nitrogens with one attached hydrogen (secondary N) is 2. The maximum Gasteiger partial charge on any atom is 0.417 e. The summed E-state index contributed by atoms with van der Waals surface area (Å²) in [5, 5.41) is 2.87. The summed E-state index contributed by atoms with van der Waals surface area (Å²) in [6, 6.07) is 12.7. The molecule has 1 heterocycles. The van der Waals surface area contributed by atoms with E-state index in [0.717, 1.165) is 11.3 Å². The smallest absolute Gasteiger partial charge is 0.408 e. The summed E-state index contributed by atoms with van der Waals surface area (Å²) < 4.78 is 4.95. The van der Waals surface area contributed by atoms with E-state index in [-0.39, 0.29) is 5.91 Å². The Morgan fingerprint density at radius 3 is 2.83 bits per heavy atom. The topological polar surface area (TPSA) is 78.3 Å². The highest BCUT2D eigenvalue weighted by Gasteiger charge is 2.08. The number of benzene rings is 2. The summed E-state index contributed by atoms with van der Waals surface area (Å²) in [5.74, 6) is -0.629. The largest absolute Gasteiger partial charge is 0.417 e. The fourth-order valence-electron chi connectivity index (χ4n) is 2.32. The number of rotatable bonds is 4. The minimum Gasteiger partial charge on any atom is -0.408 e. The van der Waals surface area contributed by atoms with Crippen LogP contribution in [0.15, 0.2) is 51.7 Å². The molecule has 23 heavy (non-hydrogen) atoms. The van der Waals surface area contributed by atoms with Crippen LogP contribution in [-0.2, 0) is 6.54 Å². The van der Waals surface area contributed by atoms with E-state index in [9.17, 15) is 9.59 Å². The number of carbonyl (C=O) groups is 1. The van der Waals surface area contributed by atoms with E-state index in [4.69, 9.17) is 4.42 Å². The van der Waals surface area contributed by atoms with Crippen LogP contribution in [0.1, 0.15) is 15.9 Å². The molecule has 0 unspecified atom stereocenters. The molecule has 0 bridgehead atoms. The molecule has 3 aromatic rings. The van der Waals surface area contributed by atoms with E-state index in [0.29, 0.717) is 23.2 Å². The van der Waals surface area contributed by atoms with Gasteiger partial charge < -0.3 is 14.6 Å². The van der Waals surface area contributed by atoms with E-state index < -0.39 is 5.76 Å². The van der Waals surface area contributed by atoms with Crippen molar-refractivity contribution in [3.63, 3.8) is 0 Å². The Morgan fingerprint density at radius 1 is 1.22 bits per heavy atom. The molecule has 0 fully saturated rings. The Hall–Kier alpha value is -3.02. The quantitative estimate of drug-likeness (QED) is 0.773. The van der Waals surface area contributed by atoms with Crippen LogP contribution < -0.4 is 16.0 Å². The van der Waals surface area contributed by atoms with Crippen molar-refractivity contribution in [2.24, 2.45) is 0 Å². The molecule has 0 atom stereocenters. The van der Waals surface area contributed by atoms with Crippen LogP contribution in [0.5, 0.6) is 0 Å². The molecule has 3 rings (SSSR count). The number of amides is 1. The second kappa shape index (κ2) is 6.00. The molecule has 6 nitrogen and oxygen atoms in total. The summed E-state index contributed by atoms with van der Waals surface area (Å²) in [6.45, 7) is 0.369. The van der Waals surface area contributed by atoms with Gasteiger partial charge in [0.15, 0.2) is 5.58 Å². The van der Waals surface area contributed by atoms with Crippen molar-refractivity contribution in [1.29, 1.82) is 0 Å². The first-order chi connectivity index (χ1) is 11.0. The predicted molar refractivity (Wildman–Crippen MR) is 88.8 cm³/mol. The standard InChI is InChI=1S/C17H17N3O3/c1-20(2)13-5-3-4-12(9-13)16(21)18-10-11-6-7-15-14(8-11)19-17(22)23-15/h3-9H,10H2,1-2H3,(H,18,21)(H,19,22). The zero-order chi connectivity index (χ0) is 16.4. The van der Waals surface area contributed by atoms with Crippen molar-refractivity contribution in [1.82, 2.24) is 10.3 Å². The summed E-state index contributed by atoms with van der Waals surface area (Å²) >= 11 is 0. The van der Waals surface area contributed by atoms with Gasteiger partial charge in [-0.2, -0.15) is 0 Å². The summed E-state index contributed by atoms with van der Waals surface area (Å²) in [6.07, 6.45) is 0. The first-order valence-electron chi connectivity index (χ1n) is 7.20. The molecule has 0 aliphatic carbocycles. The van der Waals surface area contributed by atoms with Crippen molar-refractivity contribution in [2.45, 2.75) is 6.54 Å². The summed E-state index contributed by atoms with van der Waals surface area (Å²) in [7, 11) is 3.86. The third-order valence-corrected chi connectivity index (χ3v) is 3.56. The van der Waals surface area contributed by atoms with Crippen molar-refractivity contribution in [3.05, 3.63) is 64.1 Å². The summed E-state index contributed by atoms with van der Waals surface area (Å²) in [4.78, 5) is 27.9. The maximum atomic E-state index is 12.3. The molecule has 0 saturated heterocycles. The van der Waals surface area contributed by atoms with Crippen LogP contribution >= 0.6 is 0 Å². The van der Waals surface area contributed by atoms with Crippen LogP contribution in [0.2, 0.25) is 0 Å². The van der Waals surface area contributed by atoms with Gasteiger partial charge in [-0.25, -0.2) is 4.79 Å². The number of nitrogens with zero attached hydrogens (tertiary/aromatic N) is 1. The highest BCUT2D eigenvalue weighted by molar-refractivity contribution is 5.95. The van der Waals surface area contributed by atoms with E-state index >= 15 is 0 Å². The normalized spacial score (nSPS) is 10.7. The van der Waals surface area contributed by atoms with Crippen LogP contribution in [0.4, 0.5) is 5.69 Å².